The summed E-state index contributed by atoms with van der Waals surface area (Å²) in [4.78, 5) is 21.3. The van der Waals surface area contributed by atoms with Crippen LogP contribution in [0.15, 0.2) is 18.2 Å². The highest BCUT2D eigenvalue weighted by Gasteiger charge is 2.09. The van der Waals surface area contributed by atoms with Crippen LogP contribution in [0.1, 0.15) is 24.8 Å². The second-order valence-electron chi connectivity index (χ2n) is 3.70. The Morgan fingerprint density at radius 2 is 1.94 bits per heavy atom. The first-order valence-corrected chi connectivity index (χ1v) is 5.16. The van der Waals surface area contributed by atoms with Crippen LogP contribution in [-0.2, 0) is 16.0 Å². The van der Waals surface area contributed by atoms with E-state index in [1.54, 1.807) is 0 Å². The van der Waals surface area contributed by atoms with Gasteiger partial charge < -0.3 is 5.11 Å². The first-order chi connectivity index (χ1) is 7.99. The third kappa shape index (κ3) is 4.72. The van der Waals surface area contributed by atoms with Gasteiger partial charge in [-0.2, -0.15) is 0 Å². The summed E-state index contributed by atoms with van der Waals surface area (Å²) in [6.45, 7) is 0. The summed E-state index contributed by atoms with van der Waals surface area (Å²) in [5, 5.41) is 8.35. The molecule has 0 heterocycles. The topological polar surface area (TPSA) is 54.4 Å². The van der Waals surface area contributed by atoms with Crippen molar-refractivity contribution in [1.82, 2.24) is 0 Å². The molecule has 0 atom stereocenters. The molecule has 0 fully saturated rings. The van der Waals surface area contributed by atoms with E-state index in [4.69, 9.17) is 5.11 Å². The maximum Gasteiger partial charge on any atom is 0.310 e. The number of carbonyl (C=O) groups is 2. The Morgan fingerprint density at radius 1 is 1.24 bits per heavy atom. The number of carboxylic acid groups (broad SMARTS) is 1. The summed E-state index contributed by atoms with van der Waals surface area (Å²) in [5.74, 6) is -2.84. The molecule has 0 bridgehead atoms. The van der Waals surface area contributed by atoms with E-state index in [2.05, 4.69) is 0 Å². The van der Waals surface area contributed by atoms with E-state index < -0.39 is 24.0 Å². The smallest absolute Gasteiger partial charge is 0.310 e. The monoisotopic (exact) mass is 242 g/mol. The van der Waals surface area contributed by atoms with Crippen LogP contribution >= 0.6 is 0 Å². The fraction of sp³-hybridized carbons (Fsp3) is 0.333. The third-order valence-electron chi connectivity index (χ3n) is 2.27. The van der Waals surface area contributed by atoms with Crippen LogP contribution in [0.2, 0.25) is 0 Å². The van der Waals surface area contributed by atoms with E-state index >= 15 is 0 Å². The van der Waals surface area contributed by atoms with Gasteiger partial charge in [-0.3, -0.25) is 9.59 Å². The average Bonchev–Trinajstić information content (AvgIpc) is 2.20. The van der Waals surface area contributed by atoms with Crippen LogP contribution in [0.3, 0.4) is 0 Å². The van der Waals surface area contributed by atoms with Gasteiger partial charge in [-0.15, -0.1) is 0 Å². The number of carboxylic acids is 1. The number of hydrogen-bond donors (Lipinski definition) is 1. The molecule has 1 rings (SSSR count). The van der Waals surface area contributed by atoms with Crippen molar-refractivity contribution in [2.24, 2.45) is 0 Å². The lowest BCUT2D eigenvalue weighted by Gasteiger charge is -2.02. The van der Waals surface area contributed by atoms with Crippen LogP contribution in [-0.4, -0.2) is 16.9 Å². The molecular formula is C12H12F2O3. The lowest BCUT2D eigenvalue weighted by Crippen LogP contribution is -2.06. The number of carbonyl (C=O) groups excluding carboxylic acids is 1. The Hall–Kier alpha value is -1.78. The summed E-state index contributed by atoms with van der Waals surface area (Å²) in [6.07, 6.45) is 0.223. The fourth-order valence-corrected chi connectivity index (χ4v) is 1.46. The number of hydrogen-bond acceptors (Lipinski definition) is 2. The van der Waals surface area contributed by atoms with Crippen LogP contribution in [0.5, 0.6) is 0 Å². The largest absolute Gasteiger partial charge is 0.481 e. The summed E-state index contributed by atoms with van der Waals surface area (Å²) in [7, 11) is 0. The summed E-state index contributed by atoms with van der Waals surface area (Å²) < 4.78 is 25.7. The lowest BCUT2D eigenvalue weighted by atomic mass is 10.0. The molecule has 0 saturated heterocycles. The molecule has 0 aliphatic heterocycles. The number of halogens is 2. The van der Waals surface area contributed by atoms with Crippen molar-refractivity contribution < 1.29 is 23.5 Å². The third-order valence-corrected chi connectivity index (χ3v) is 2.27. The lowest BCUT2D eigenvalue weighted by molar-refractivity contribution is -0.140. The van der Waals surface area contributed by atoms with Crippen molar-refractivity contribution >= 4 is 11.8 Å². The predicted octanol–water partition coefficient (Wildman–Crippen LogP) is 2.33. The molecule has 1 aromatic rings. The molecule has 0 amide bonds. The molecule has 92 valence electrons. The number of benzene rings is 1. The van der Waals surface area contributed by atoms with Gasteiger partial charge in [-0.25, -0.2) is 8.78 Å². The van der Waals surface area contributed by atoms with Crippen LogP contribution in [0, 0.1) is 11.6 Å². The zero-order valence-electron chi connectivity index (χ0n) is 9.08. The maximum atomic E-state index is 13.2. The molecule has 1 N–H and O–H groups in total. The van der Waals surface area contributed by atoms with E-state index in [1.807, 2.05) is 0 Å². The molecule has 0 aliphatic rings. The van der Waals surface area contributed by atoms with Gasteiger partial charge in [-0.1, -0.05) is 6.07 Å². The summed E-state index contributed by atoms with van der Waals surface area (Å²) in [6, 6.07) is 3.26. The fourth-order valence-electron chi connectivity index (χ4n) is 1.46. The number of aryl methyl sites for hydroxylation is 1. The van der Waals surface area contributed by atoms with Gasteiger partial charge in [0.1, 0.15) is 23.8 Å². The Kier molecular flexibility index (Phi) is 4.75. The predicted molar refractivity (Wildman–Crippen MR) is 56.6 cm³/mol. The van der Waals surface area contributed by atoms with Crippen LogP contribution in [0.4, 0.5) is 8.78 Å². The molecule has 3 nitrogen and oxygen atoms in total. The SMILES string of the molecule is O=C(O)CC(=O)CCCc1ccc(F)cc1F. The Labute approximate surface area is 97.1 Å². The second kappa shape index (κ2) is 6.08. The highest BCUT2D eigenvalue weighted by molar-refractivity contribution is 5.94. The van der Waals surface area contributed by atoms with Crippen LogP contribution in [0.25, 0.3) is 0 Å². The minimum Gasteiger partial charge on any atom is -0.481 e. The van der Waals surface area contributed by atoms with Crippen molar-refractivity contribution in [2.45, 2.75) is 25.7 Å². The van der Waals surface area contributed by atoms with Gasteiger partial charge in [0, 0.05) is 12.5 Å². The molecule has 0 unspecified atom stereocenters. The number of aliphatic carboxylic acids is 1. The number of ketones is 1. The highest BCUT2D eigenvalue weighted by Crippen LogP contribution is 2.12. The van der Waals surface area contributed by atoms with Gasteiger partial charge in [0.15, 0.2) is 0 Å². The van der Waals surface area contributed by atoms with Crippen molar-refractivity contribution in [1.29, 1.82) is 0 Å². The minimum absolute atomic E-state index is 0.0864. The van der Waals surface area contributed by atoms with Crippen molar-refractivity contribution in [3.63, 3.8) is 0 Å². The van der Waals surface area contributed by atoms with Crippen LogP contribution < -0.4 is 0 Å². The van der Waals surface area contributed by atoms with Gasteiger partial charge in [0.05, 0.1) is 0 Å². The summed E-state index contributed by atoms with van der Waals surface area (Å²) in [5.41, 5.74) is 0.328. The zero-order chi connectivity index (χ0) is 12.8. The molecule has 0 radical (unpaired) electrons. The first kappa shape index (κ1) is 13.3. The van der Waals surface area contributed by atoms with E-state index in [0.717, 1.165) is 12.1 Å². The summed E-state index contributed by atoms with van der Waals surface area (Å²) >= 11 is 0. The molecular weight excluding hydrogens is 230 g/mol. The molecule has 0 aromatic heterocycles. The number of rotatable bonds is 6. The Balaban J connectivity index is 2.41. The minimum atomic E-state index is -1.16. The Morgan fingerprint density at radius 3 is 2.53 bits per heavy atom. The van der Waals surface area contributed by atoms with E-state index in [0.29, 0.717) is 12.0 Å². The van der Waals surface area contributed by atoms with Crippen molar-refractivity contribution in [3.8, 4) is 0 Å². The molecule has 0 saturated carbocycles. The second-order valence-corrected chi connectivity index (χ2v) is 3.70. The van der Waals surface area contributed by atoms with Gasteiger partial charge in [0.2, 0.25) is 0 Å². The van der Waals surface area contributed by atoms with E-state index in [9.17, 15) is 18.4 Å². The number of Topliss-reactive ketones (excluding diaryl/α,β-unsaturated/α-hetero) is 1. The van der Waals surface area contributed by atoms with Crippen molar-refractivity contribution in [2.75, 3.05) is 0 Å². The van der Waals surface area contributed by atoms with E-state index in [1.165, 1.54) is 6.07 Å². The molecule has 0 aliphatic carbocycles. The quantitative estimate of drug-likeness (QED) is 0.779. The van der Waals surface area contributed by atoms with Gasteiger partial charge in [-0.05, 0) is 24.5 Å². The maximum absolute atomic E-state index is 13.2. The standard InChI is InChI=1S/C12H12F2O3/c13-9-5-4-8(11(14)6-9)2-1-3-10(15)7-12(16)17/h4-6H,1-3,7H2,(H,16,17). The Bertz CT molecular complexity index is 430. The van der Waals surface area contributed by atoms with Gasteiger partial charge >= 0.3 is 5.97 Å². The van der Waals surface area contributed by atoms with Gasteiger partial charge in [0.25, 0.3) is 0 Å². The molecule has 0 spiro atoms. The normalized spacial score (nSPS) is 10.2. The highest BCUT2D eigenvalue weighted by atomic mass is 19.1. The average molecular weight is 242 g/mol. The molecule has 17 heavy (non-hydrogen) atoms. The molecule has 1 aromatic carbocycles. The van der Waals surface area contributed by atoms with E-state index in [-0.39, 0.29) is 18.6 Å². The first-order valence-electron chi connectivity index (χ1n) is 5.16. The molecule has 5 heteroatoms. The zero-order valence-corrected chi connectivity index (χ0v) is 9.08. The van der Waals surface area contributed by atoms with Crippen molar-refractivity contribution in [3.05, 3.63) is 35.4 Å².